The summed E-state index contributed by atoms with van der Waals surface area (Å²) in [6, 6.07) is 8.08. The molecule has 0 heterocycles. The quantitative estimate of drug-likeness (QED) is 0.685. The zero-order valence-corrected chi connectivity index (χ0v) is 12.0. The van der Waals surface area contributed by atoms with Gasteiger partial charge in [-0.2, -0.15) is 0 Å². The topological polar surface area (TPSA) is 38.3 Å². The fourth-order valence-corrected chi connectivity index (χ4v) is 1.51. The van der Waals surface area contributed by atoms with E-state index in [9.17, 15) is 4.79 Å². The molecule has 0 fully saturated rings. The predicted octanol–water partition coefficient (Wildman–Crippen LogP) is 3.18. The molecule has 0 aromatic heterocycles. The van der Waals surface area contributed by atoms with Crippen molar-refractivity contribution in [1.82, 2.24) is 5.48 Å². The van der Waals surface area contributed by atoms with E-state index in [2.05, 4.69) is 27.5 Å². The predicted molar refractivity (Wildman–Crippen MR) is 71.5 cm³/mol. The molecule has 0 amide bonds. The summed E-state index contributed by atoms with van der Waals surface area (Å²) in [5.41, 5.74) is 4.50. The minimum atomic E-state index is -0.481. The number of carbonyl (C=O) groups is 1. The second kappa shape index (κ2) is 6.17. The van der Waals surface area contributed by atoms with Gasteiger partial charge >= 0.3 is 5.97 Å². The van der Waals surface area contributed by atoms with E-state index in [0.717, 1.165) is 10.9 Å². The summed E-state index contributed by atoms with van der Waals surface area (Å²) in [4.78, 5) is 16.5. The summed E-state index contributed by atoms with van der Waals surface area (Å²) in [6.07, 6.45) is 0. The molecular formula is C13H18BrNO2. The molecule has 0 spiro atoms. The van der Waals surface area contributed by atoms with Gasteiger partial charge in [0.2, 0.25) is 0 Å². The highest BCUT2D eigenvalue weighted by molar-refractivity contribution is 9.08. The lowest BCUT2D eigenvalue weighted by molar-refractivity contribution is -0.161. The van der Waals surface area contributed by atoms with Gasteiger partial charge in [0, 0.05) is 5.33 Å². The minimum absolute atomic E-state index is 0.255. The maximum atomic E-state index is 11.5. The fraction of sp³-hybridized carbons (Fsp3) is 0.462. The maximum Gasteiger partial charge on any atom is 0.329 e. The molecular weight excluding hydrogens is 282 g/mol. The molecule has 0 aliphatic heterocycles. The molecule has 0 bridgehead atoms. The van der Waals surface area contributed by atoms with E-state index in [1.54, 1.807) is 0 Å². The number of carbonyl (C=O) groups excluding carboxylic acids is 1. The molecule has 1 aromatic carbocycles. The summed E-state index contributed by atoms with van der Waals surface area (Å²) >= 11 is 3.40. The van der Waals surface area contributed by atoms with Crippen LogP contribution < -0.4 is 5.48 Å². The Bertz CT molecular complexity index is 385. The van der Waals surface area contributed by atoms with Crippen LogP contribution in [0.4, 0.5) is 0 Å². The Labute approximate surface area is 111 Å². The van der Waals surface area contributed by atoms with Crippen molar-refractivity contribution in [2.45, 2.75) is 32.6 Å². The largest absolute Gasteiger partial charge is 0.370 e. The van der Waals surface area contributed by atoms with E-state index >= 15 is 0 Å². The van der Waals surface area contributed by atoms with E-state index in [0.29, 0.717) is 6.54 Å². The lowest BCUT2D eigenvalue weighted by Gasteiger charge is -2.16. The van der Waals surface area contributed by atoms with Gasteiger partial charge < -0.3 is 4.84 Å². The Balaban J connectivity index is 2.43. The van der Waals surface area contributed by atoms with Crippen LogP contribution in [-0.4, -0.2) is 5.97 Å². The van der Waals surface area contributed by atoms with Crippen molar-refractivity contribution in [3.63, 3.8) is 0 Å². The summed E-state index contributed by atoms with van der Waals surface area (Å²) in [6.45, 7) is 5.98. The number of alkyl halides is 1. The Kier molecular flexibility index (Phi) is 5.15. The summed E-state index contributed by atoms with van der Waals surface area (Å²) in [5.74, 6) is -0.255. The third kappa shape index (κ3) is 4.88. The zero-order valence-electron chi connectivity index (χ0n) is 10.4. The van der Waals surface area contributed by atoms with E-state index in [4.69, 9.17) is 4.84 Å². The molecule has 1 rings (SSSR count). The Morgan fingerprint density at radius 1 is 1.35 bits per heavy atom. The minimum Gasteiger partial charge on any atom is -0.370 e. The van der Waals surface area contributed by atoms with Crippen LogP contribution in [0.2, 0.25) is 0 Å². The van der Waals surface area contributed by atoms with E-state index < -0.39 is 5.41 Å². The average Bonchev–Trinajstić information content (AvgIpc) is 2.28. The molecule has 0 aliphatic carbocycles. The maximum absolute atomic E-state index is 11.5. The second-order valence-electron chi connectivity index (χ2n) is 4.91. The third-order valence-electron chi connectivity index (χ3n) is 2.20. The normalized spacial score (nSPS) is 11.3. The highest BCUT2D eigenvalue weighted by Gasteiger charge is 2.23. The van der Waals surface area contributed by atoms with Crippen LogP contribution in [0.15, 0.2) is 24.3 Å². The van der Waals surface area contributed by atoms with Crippen molar-refractivity contribution < 1.29 is 9.63 Å². The van der Waals surface area contributed by atoms with Crippen molar-refractivity contribution in [2.75, 3.05) is 0 Å². The average molecular weight is 300 g/mol. The van der Waals surface area contributed by atoms with E-state index in [1.165, 1.54) is 5.56 Å². The third-order valence-corrected chi connectivity index (χ3v) is 2.85. The SMILES string of the molecule is CC(C)(C)C(=O)ONCc1cccc(CBr)c1. The monoisotopic (exact) mass is 299 g/mol. The molecule has 0 unspecified atom stereocenters. The van der Waals surface area contributed by atoms with Gasteiger partial charge in [-0.1, -0.05) is 40.2 Å². The molecule has 1 aromatic rings. The van der Waals surface area contributed by atoms with Crippen molar-refractivity contribution in [3.8, 4) is 0 Å². The first kappa shape index (κ1) is 14.2. The number of rotatable bonds is 4. The lowest BCUT2D eigenvalue weighted by atomic mass is 9.98. The number of benzene rings is 1. The van der Waals surface area contributed by atoms with Crippen LogP contribution in [0.3, 0.4) is 0 Å². The van der Waals surface area contributed by atoms with Gasteiger partial charge in [-0.3, -0.25) is 0 Å². The number of hydroxylamine groups is 1. The van der Waals surface area contributed by atoms with Gasteiger partial charge in [0.05, 0.1) is 12.0 Å². The summed E-state index contributed by atoms with van der Waals surface area (Å²) in [7, 11) is 0. The molecule has 0 atom stereocenters. The van der Waals surface area contributed by atoms with Gasteiger partial charge in [0.15, 0.2) is 0 Å². The van der Waals surface area contributed by atoms with Gasteiger partial charge in [0.25, 0.3) is 0 Å². The van der Waals surface area contributed by atoms with Gasteiger partial charge in [-0.25, -0.2) is 4.79 Å². The van der Waals surface area contributed by atoms with Gasteiger partial charge in [-0.05, 0) is 31.9 Å². The molecule has 4 heteroatoms. The molecule has 94 valence electrons. The molecule has 0 radical (unpaired) electrons. The van der Waals surface area contributed by atoms with E-state index in [1.807, 2.05) is 39.0 Å². The smallest absolute Gasteiger partial charge is 0.329 e. The lowest BCUT2D eigenvalue weighted by Crippen LogP contribution is -2.29. The highest BCUT2D eigenvalue weighted by Crippen LogP contribution is 2.14. The fourth-order valence-electron chi connectivity index (χ4n) is 1.16. The number of hydrogen-bond acceptors (Lipinski definition) is 3. The van der Waals surface area contributed by atoms with Crippen molar-refractivity contribution in [3.05, 3.63) is 35.4 Å². The van der Waals surface area contributed by atoms with Gasteiger partial charge in [0.1, 0.15) is 0 Å². The van der Waals surface area contributed by atoms with Crippen molar-refractivity contribution >= 4 is 21.9 Å². The standard InChI is InChI=1S/C13H18BrNO2/c1-13(2,3)12(16)17-15-9-11-6-4-5-10(7-11)8-14/h4-7,15H,8-9H2,1-3H3. The Morgan fingerprint density at radius 2 is 2.00 bits per heavy atom. The van der Waals surface area contributed by atoms with Crippen molar-refractivity contribution in [1.29, 1.82) is 0 Å². The Morgan fingerprint density at radius 3 is 2.59 bits per heavy atom. The second-order valence-corrected chi connectivity index (χ2v) is 5.47. The summed E-state index contributed by atoms with van der Waals surface area (Å²) < 4.78 is 0. The van der Waals surface area contributed by atoms with Crippen LogP contribution in [0, 0.1) is 5.41 Å². The van der Waals surface area contributed by atoms with Crippen LogP contribution in [0.5, 0.6) is 0 Å². The molecule has 17 heavy (non-hydrogen) atoms. The van der Waals surface area contributed by atoms with Gasteiger partial charge in [-0.15, -0.1) is 5.48 Å². The zero-order chi connectivity index (χ0) is 12.9. The van der Waals surface area contributed by atoms with Crippen LogP contribution in [0.1, 0.15) is 31.9 Å². The molecule has 0 aliphatic rings. The number of halogens is 1. The first-order chi connectivity index (χ1) is 7.93. The van der Waals surface area contributed by atoms with Crippen LogP contribution in [0.25, 0.3) is 0 Å². The first-order valence-electron chi connectivity index (χ1n) is 5.51. The molecule has 0 saturated heterocycles. The van der Waals surface area contributed by atoms with Crippen LogP contribution in [-0.2, 0) is 21.5 Å². The molecule has 3 nitrogen and oxygen atoms in total. The first-order valence-corrected chi connectivity index (χ1v) is 6.63. The van der Waals surface area contributed by atoms with Crippen LogP contribution >= 0.6 is 15.9 Å². The Hall–Kier alpha value is -0.870. The highest BCUT2D eigenvalue weighted by atomic mass is 79.9. The number of hydrogen-bond donors (Lipinski definition) is 1. The number of nitrogens with one attached hydrogen (secondary N) is 1. The summed E-state index contributed by atoms with van der Waals surface area (Å²) in [5, 5.41) is 0.822. The molecule has 1 N–H and O–H groups in total. The molecule has 0 saturated carbocycles. The van der Waals surface area contributed by atoms with E-state index in [-0.39, 0.29) is 5.97 Å². The van der Waals surface area contributed by atoms with Crippen molar-refractivity contribution in [2.24, 2.45) is 5.41 Å².